The maximum Gasteiger partial charge on any atom is 0.258 e. The van der Waals surface area contributed by atoms with Crippen molar-refractivity contribution >= 4 is 10.9 Å². The Kier molecular flexibility index (Phi) is 5.23. The van der Waals surface area contributed by atoms with E-state index in [-0.39, 0.29) is 11.6 Å². The SMILES string of the molecule is COc1cc2nc(CN(C)C(C)c3ccccc3)[nH]c(=O)c2cc1OC. The Hall–Kier alpha value is -2.86. The highest BCUT2D eigenvalue weighted by Crippen LogP contribution is 2.30. The molecule has 0 saturated heterocycles. The van der Waals surface area contributed by atoms with Gasteiger partial charge in [-0.2, -0.15) is 0 Å². The van der Waals surface area contributed by atoms with Gasteiger partial charge in [0.15, 0.2) is 11.5 Å². The van der Waals surface area contributed by atoms with Crippen molar-refractivity contribution in [2.45, 2.75) is 19.5 Å². The van der Waals surface area contributed by atoms with Crippen molar-refractivity contribution in [2.24, 2.45) is 0 Å². The molecule has 136 valence electrons. The van der Waals surface area contributed by atoms with Crippen LogP contribution in [0.3, 0.4) is 0 Å². The predicted octanol–water partition coefficient (Wildman–Crippen LogP) is 3.13. The lowest BCUT2D eigenvalue weighted by Crippen LogP contribution is -2.25. The summed E-state index contributed by atoms with van der Waals surface area (Å²) >= 11 is 0. The topological polar surface area (TPSA) is 67.5 Å². The van der Waals surface area contributed by atoms with Gasteiger partial charge in [0.05, 0.1) is 31.7 Å². The van der Waals surface area contributed by atoms with E-state index in [0.29, 0.717) is 34.8 Å². The molecule has 0 aliphatic rings. The molecular weight excluding hydrogens is 330 g/mol. The number of rotatable bonds is 6. The number of hydrogen-bond acceptors (Lipinski definition) is 5. The summed E-state index contributed by atoms with van der Waals surface area (Å²) in [7, 11) is 5.11. The molecule has 0 spiro atoms. The first-order valence-electron chi connectivity index (χ1n) is 8.43. The highest BCUT2D eigenvalue weighted by Gasteiger charge is 2.15. The second kappa shape index (κ2) is 7.58. The largest absolute Gasteiger partial charge is 0.493 e. The van der Waals surface area contributed by atoms with Gasteiger partial charge < -0.3 is 14.5 Å². The van der Waals surface area contributed by atoms with E-state index < -0.39 is 0 Å². The third-order valence-corrected chi connectivity index (χ3v) is 4.60. The van der Waals surface area contributed by atoms with Crippen LogP contribution in [0.15, 0.2) is 47.3 Å². The van der Waals surface area contributed by atoms with Gasteiger partial charge in [0.25, 0.3) is 5.56 Å². The minimum absolute atomic E-state index is 0.188. The fourth-order valence-corrected chi connectivity index (χ4v) is 2.95. The molecule has 1 N–H and O–H groups in total. The van der Waals surface area contributed by atoms with Crippen LogP contribution in [0.2, 0.25) is 0 Å². The molecule has 0 amide bonds. The summed E-state index contributed by atoms with van der Waals surface area (Å²) in [5.74, 6) is 1.67. The van der Waals surface area contributed by atoms with Crippen molar-refractivity contribution < 1.29 is 9.47 Å². The van der Waals surface area contributed by atoms with Gasteiger partial charge in [-0.25, -0.2) is 4.98 Å². The highest BCUT2D eigenvalue weighted by molar-refractivity contribution is 5.81. The van der Waals surface area contributed by atoms with E-state index >= 15 is 0 Å². The van der Waals surface area contributed by atoms with E-state index in [0.717, 1.165) is 0 Å². The lowest BCUT2D eigenvalue weighted by atomic mass is 10.1. The minimum Gasteiger partial charge on any atom is -0.493 e. The van der Waals surface area contributed by atoms with Crippen LogP contribution in [0.5, 0.6) is 11.5 Å². The lowest BCUT2D eigenvalue weighted by Gasteiger charge is -2.24. The number of fused-ring (bicyclic) bond motifs is 1. The van der Waals surface area contributed by atoms with Crippen LogP contribution in [-0.4, -0.2) is 36.1 Å². The molecule has 3 rings (SSSR count). The summed E-state index contributed by atoms with van der Waals surface area (Å²) < 4.78 is 10.6. The maximum absolute atomic E-state index is 12.5. The summed E-state index contributed by atoms with van der Waals surface area (Å²) in [4.78, 5) is 22.1. The Balaban J connectivity index is 1.92. The van der Waals surface area contributed by atoms with E-state index in [1.54, 1.807) is 26.4 Å². The number of H-pyrrole nitrogens is 1. The Morgan fingerprint density at radius 1 is 1.12 bits per heavy atom. The molecule has 0 saturated carbocycles. The number of benzene rings is 2. The van der Waals surface area contributed by atoms with Gasteiger partial charge in [-0.05, 0) is 25.6 Å². The second-order valence-electron chi connectivity index (χ2n) is 6.24. The molecule has 0 aliphatic carbocycles. The van der Waals surface area contributed by atoms with Crippen molar-refractivity contribution in [3.63, 3.8) is 0 Å². The Morgan fingerprint density at radius 3 is 2.42 bits per heavy atom. The van der Waals surface area contributed by atoms with E-state index in [4.69, 9.17) is 9.47 Å². The molecule has 0 fully saturated rings. The van der Waals surface area contributed by atoms with Gasteiger partial charge in [-0.1, -0.05) is 30.3 Å². The lowest BCUT2D eigenvalue weighted by molar-refractivity contribution is 0.247. The summed E-state index contributed by atoms with van der Waals surface area (Å²) in [5.41, 5.74) is 1.61. The predicted molar refractivity (Wildman–Crippen MR) is 102 cm³/mol. The fourth-order valence-electron chi connectivity index (χ4n) is 2.95. The van der Waals surface area contributed by atoms with E-state index in [1.165, 1.54) is 5.56 Å². The number of hydrogen-bond donors (Lipinski definition) is 1. The van der Waals surface area contributed by atoms with E-state index in [1.807, 2.05) is 25.2 Å². The van der Waals surface area contributed by atoms with Crippen molar-refractivity contribution in [1.29, 1.82) is 0 Å². The molecule has 1 aromatic heterocycles. The van der Waals surface area contributed by atoms with Crippen LogP contribution in [0, 0.1) is 0 Å². The van der Waals surface area contributed by atoms with Gasteiger partial charge >= 0.3 is 0 Å². The summed E-state index contributed by atoms with van der Waals surface area (Å²) in [6.45, 7) is 2.65. The van der Waals surface area contributed by atoms with Crippen molar-refractivity contribution in [3.8, 4) is 11.5 Å². The first-order valence-corrected chi connectivity index (χ1v) is 8.43. The fraction of sp³-hybridized carbons (Fsp3) is 0.300. The number of nitrogens with one attached hydrogen (secondary N) is 1. The zero-order valence-corrected chi connectivity index (χ0v) is 15.4. The van der Waals surface area contributed by atoms with E-state index in [2.05, 4.69) is 33.9 Å². The van der Waals surface area contributed by atoms with Crippen molar-refractivity contribution in [1.82, 2.24) is 14.9 Å². The first kappa shape index (κ1) is 17.9. The van der Waals surface area contributed by atoms with Crippen LogP contribution in [0.4, 0.5) is 0 Å². The summed E-state index contributed by atoms with van der Waals surface area (Å²) in [5, 5.41) is 0.477. The maximum atomic E-state index is 12.5. The Morgan fingerprint density at radius 2 is 1.77 bits per heavy atom. The molecule has 3 aromatic rings. The van der Waals surface area contributed by atoms with Gasteiger partial charge in [-0.15, -0.1) is 0 Å². The molecule has 0 bridgehead atoms. The standard InChI is InChI=1S/C20H23N3O3/c1-13(14-8-6-5-7-9-14)23(2)12-19-21-16-11-18(26-4)17(25-3)10-15(16)20(24)22-19/h5-11,13H,12H2,1-4H3,(H,21,22,24). The average molecular weight is 353 g/mol. The third-order valence-electron chi connectivity index (χ3n) is 4.60. The van der Waals surface area contributed by atoms with Gasteiger partial charge in [0.2, 0.25) is 0 Å². The normalized spacial score (nSPS) is 12.3. The molecule has 6 heteroatoms. The van der Waals surface area contributed by atoms with Crippen LogP contribution >= 0.6 is 0 Å². The van der Waals surface area contributed by atoms with Crippen LogP contribution in [0.1, 0.15) is 24.4 Å². The average Bonchev–Trinajstić information content (AvgIpc) is 2.67. The second-order valence-corrected chi connectivity index (χ2v) is 6.24. The smallest absolute Gasteiger partial charge is 0.258 e. The van der Waals surface area contributed by atoms with Gasteiger partial charge in [-0.3, -0.25) is 9.69 Å². The zero-order chi connectivity index (χ0) is 18.7. The summed E-state index contributed by atoms with van der Waals surface area (Å²) in [6.07, 6.45) is 0. The summed E-state index contributed by atoms with van der Waals surface area (Å²) in [6, 6.07) is 13.8. The molecule has 0 aliphatic heterocycles. The molecule has 1 atom stereocenters. The van der Waals surface area contributed by atoms with Gasteiger partial charge in [0.1, 0.15) is 5.82 Å². The molecule has 26 heavy (non-hydrogen) atoms. The van der Waals surface area contributed by atoms with E-state index in [9.17, 15) is 4.79 Å². The highest BCUT2D eigenvalue weighted by atomic mass is 16.5. The number of methoxy groups -OCH3 is 2. The minimum atomic E-state index is -0.188. The van der Waals surface area contributed by atoms with Gasteiger partial charge in [0, 0.05) is 12.1 Å². The Bertz CT molecular complexity index is 954. The number of ether oxygens (including phenoxy) is 2. The molecule has 0 radical (unpaired) electrons. The number of nitrogens with zero attached hydrogens (tertiary/aromatic N) is 2. The number of aromatic amines is 1. The monoisotopic (exact) mass is 353 g/mol. The molecule has 6 nitrogen and oxygen atoms in total. The van der Waals surface area contributed by atoms with Crippen molar-refractivity contribution in [2.75, 3.05) is 21.3 Å². The quantitative estimate of drug-likeness (QED) is 0.737. The van der Waals surface area contributed by atoms with Crippen LogP contribution < -0.4 is 15.0 Å². The number of aromatic nitrogens is 2. The molecule has 1 unspecified atom stereocenters. The third kappa shape index (κ3) is 3.55. The molecular formula is C20H23N3O3. The first-order chi connectivity index (χ1) is 12.5. The molecule has 2 aromatic carbocycles. The van der Waals surface area contributed by atoms with Crippen LogP contribution in [0.25, 0.3) is 10.9 Å². The van der Waals surface area contributed by atoms with Crippen molar-refractivity contribution in [3.05, 3.63) is 64.2 Å². The zero-order valence-electron chi connectivity index (χ0n) is 15.4. The molecule has 1 heterocycles. The Labute approximate surface area is 152 Å². The van der Waals surface area contributed by atoms with Crippen LogP contribution in [-0.2, 0) is 6.54 Å².